The molecule has 1 aromatic rings. The van der Waals surface area contributed by atoms with E-state index in [1.54, 1.807) is 6.92 Å². The lowest BCUT2D eigenvalue weighted by molar-refractivity contribution is 0.215. The maximum atomic E-state index is 11.9. The minimum absolute atomic E-state index is 0.179. The number of hydrogen-bond acceptors (Lipinski definition) is 5. The maximum absolute atomic E-state index is 11.9. The van der Waals surface area contributed by atoms with E-state index in [2.05, 4.69) is 9.99 Å². The average molecular weight is 241 g/mol. The minimum Gasteiger partial charge on any atom is -0.478 e. The first-order valence-corrected chi connectivity index (χ1v) is 5.03. The molecule has 0 aliphatic rings. The molecule has 0 aliphatic carbocycles. The quantitative estimate of drug-likeness (QED) is 0.524. The van der Waals surface area contributed by atoms with Gasteiger partial charge in [0.1, 0.15) is 12.7 Å². The summed E-state index contributed by atoms with van der Waals surface area (Å²) >= 11 is 0. The Hall–Kier alpha value is -2.05. The Morgan fingerprint density at radius 3 is 2.47 bits per heavy atom. The second-order valence-electron chi connectivity index (χ2n) is 3.27. The molecule has 0 unspecified atom stereocenters. The van der Waals surface area contributed by atoms with E-state index in [0.717, 1.165) is 4.57 Å². The zero-order valence-corrected chi connectivity index (χ0v) is 10.3. The molecule has 7 heteroatoms. The number of nitrogens with zero attached hydrogens (tertiary/aromatic N) is 3. The summed E-state index contributed by atoms with van der Waals surface area (Å²) in [6.07, 6.45) is 1.23. The number of aromatic nitrogens is 2. The van der Waals surface area contributed by atoms with Gasteiger partial charge in [-0.05, 0) is 6.92 Å². The molecular formula is C10H15N3O4. The van der Waals surface area contributed by atoms with Gasteiger partial charge in [-0.25, -0.2) is 4.79 Å². The molecular weight excluding hydrogens is 226 g/mol. The third-order valence-corrected chi connectivity index (χ3v) is 2.21. The predicted molar refractivity (Wildman–Crippen MR) is 62.7 cm³/mol. The molecule has 7 nitrogen and oxygen atoms in total. The highest BCUT2D eigenvalue weighted by Gasteiger charge is 2.15. The summed E-state index contributed by atoms with van der Waals surface area (Å²) in [4.78, 5) is 28.1. The molecule has 0 atom stereocenters. The Balaban J connectivity index is 3.59. The van der Waals surface area contributed by atoms with Gasteiger partial charge in [-0.1, -0.05) is 5.16 Å². The first kappa shape index (κ1) is 13.0. The van der Waals surface area contributed by atoms with E-state index >= 15 is 0 Å². The van der Waals surface area contributed by atoms with Crippen molar-refractivity contribution in [3.63, 3.8) is 0 Å². The summed E-state index contributed by atoms with van der Waals surface area (Å²) in [5, 5.41) is 3.52. The highest BCUT2D eigenvalue weighted by atomic mass is 16.6. The number of ether oxygens (including phenoxy) is 1. The van der Waals surface area contributed by atoms with Crippen molar-refractivity contribution in [1.29, 1.82) is 0 Å². The highest BCUT2D eigenvalue weighted by molar-refractivity contribution is 5.81. The first-order valence-electron chi connectivity index (χ1n) is 5.03. The van der Waals surface area contributed by atoms with Crippen LogP contribution in [0.15, 0.2) is 14.7 Å². The fourth-order valence-electron chi connectivity index (χ4n) is 1.38. The monoisotopic (exact) mass is 241 g/mol. The molecule has 1 rings (SSSR count). The summed E-state index contributed by atoms with van der Waals surface area (Å²) in [6, 6.07) is 0. The van der Waals surface area contributed by atoms with Crippen LogP contribution in [0, 0.1) is 0 Å². The number of hydrogen-bond donors (Lipinski definition) is 0. The van der Waals surface area contributed by atoms with Crippen LogP contribution in [0.25, 0.3) is 0 Å². The molecule has 0 aromatic carbocycles. The second-order valence-corrected chi connectivity index (χ2v) is 3.27. The molecule has 0 spiro atoms. The first-order chi connectivity index (χ1) is 8.04. The second kappa shape index (κ2) is 5.33. The van der Waals surface area contributed by atoms with Crippen LogP contribution in [0.3, 0.4) is 0 Å². The lowest BCUT2D eigenvalue weighted by atomic mass is 10.3. The van der Waals surface area contributed by atoms with Crippen molar-refractivity contribution in [2.45, 2.75) is 6.92 Å². The average Bonchev–Trinajstić information content (AvgIpc) is 2.33. The van der Waals surface area contributed by atoms with E-state index in [1.807, 2.05) is 0 Å². The molecule has 1 aromatic heterocycles. The minimum atomic E-state index is -0.475. The fourth-order valence-corrected chi connectivity index (χ4v) is 1.38. The summed E-state index contributed by atoms with van der Waals surface area (Å²) in [7, 11) is 4.28. The van der Waals surface area contributed by atoms with Crippen LogP contribution in [0.5, 0.6) is 5.88 Å². The van der Waals surface area contributed by atoms with Gasteiger partial charge >= 0.3 is 5.69 Å². The Labute approximate surface area is 97.9 Å². The topological polar surface area (TPSA) is 74.8 Å². The fraction of sp³-hybridized carbons (Fsp3) is 0.500. The van der Waals surface area contributed by atoms with E-state index in [1.165, 1.54) is 32.0 Å². The molecule has 0 saturated carbocycles. The normalized spacial score (nSPS) is 10.8. The molecule has 0 N–H and O–H groups in total. The summed E-state index contributed by atoms with van der Waals surface area (Å²) in [5.41, 5.74) is -0.747. The molecule has 0 radical (unpaired) electrons. The molecule has 0 fully saturated rings. The van der Waals surface area contributed by atoms with Crippen molar-refractivity contribution in [2.75, 3.05) is 13.7 Å². The molecule has 17 heavy (non-hydrogen) atoms. The molecule has 0 saturated heterocycles. The molecule has 1 heterocycles. The Morgan fingerprint density at radius 1 is 1.29 bits per heavy atom. The van der Waals surface area contributed by atoms with Crippen LogP contribution in [0.1, 0.15) is 12.5 Å². The van der Waals surface area contributed by atoms with Crippen LogP contribution < -0.4 is 16.0 Å². The zero-order valence-electron chi connectivity index (χ0n) is 10.3. The largest absolute Gasteiger partial charge is 0.478 e. The zero-order chi connectivity index (χ0) is 13.0. The van der Waals surface area contributed by atoms with Crippen molar-refractivity contribution < 1.29 is 9.57 Å². The van der Waals surface area contributed by atoms with Crippen molar-refractivity contribution in [3.8, 4) is 5.88 Å². The molecule has 0 aliphatic heterocycles. The van der Waals surface area contributed by atoms with Gasteiger partial charge in [0.25, 0.3) is 5.56 Å². The maximum Gasteiger partial charge on any atom is 0.333 e. The van der Waals surface area contributed by atoms with Crippen LogP contribution in [0.4, 0.5) is 0 Å². The summed E-state index contributed by atoms with van der Waals surface area (Å²) in [5.74, 6) is 0.182. The van der Waals surface area contributed by atoms with E-state index in [-0.39, 0.29) is 11.4 Å². The van der Waals surface area contributed by atoms with Crippen LogP contribution in [-0.2, 0) is 18.9 Å². The third kappa shape index (κ3) is 2.38. The summed E-state index contributed by atoms with van der Waals surface area (Å²) in [6.45, 7) is 2.10. The van der Waals surface area contributed by atoms with Crippen molar-refractivity contribution in [1.82, 2.24) is 9.13 Å². The smallest absolute Gasteiger partial charge is 0.333 e. The predicted octanol–water partition coefficient (Wildman–Crippen LogP) is -0.537. The van der Waals surface area contributed by atoms with Gasteiger partial charge in [-0.2, -0.15) is 0 Å². The Bertz CT molecular complexity index is 542. The molecule has 94 valence electrons. The van der Waals surface area contributed by atoms with E-state index in [4.69, 9.17) is 4.74 Å². The van der Waals surface area contributed by atoms with Crippen LogP contribution >= 0.6 is 0 Å². The van der Waals surface area contributed by atoms with Crippen molar-refractivity contribution in [3.05, 3.63) is 26.4 Å². The van der Waals surface area contributed by atoms with Gasteiger partial charge in [0.2, 0.25) is 5.88 Å². The van der Waals surface area contributed by atoms with Crippen molar-refractivity contribution >= 4 is 6.21 Å². The van der Waals surface area contributed by atoms with Gasteiger partial charge in [0, 0.05) is 14.1 Å². The van der Waals surface area contributed by atoms with E-state index in [0.29, 0.717) is 6.61 Å². The molecule has 0 amide bonds. The standard InChI is InChI=1S/C10H15N3O4/c1-5-17-9-7(6-11-16-4)8(14)12(2)10(15)13(9)3/h6H,5H2,1-4H3/b11-6+. The number of oxime groups is 1. The van der Waals surface area contributed by atoms with Gasteiger partial charge < -0.3 is 9.57 Å². The van der Waals surface area contributed by atoms with E-state index < -0.39 is 11.2 Å². The Morgan fingerprint density at radius 2 is 1.94 bits per heavy atom. The van der Waals surface area contributed by atoms with Gasteiger partial charge in [0.15, 0.2) is 0 Å². The lowest BCUT2D eigenvalue weighted by Gasteiger charge is -2.12. The van der Waals surface area contributed by atoms with Gasteiger partial charge in [-0.15, -0.1) is 0 Å². The van der Waals surface area contributed by atoms with Gasteiger partial charge in [-0.3, -0.25) is 13.9 Å². The summed E-state index contributed by atoms with van der Waals surface area (Å²) < 4.78 is 7.52. The van der Waals surface area contributed by atoms with E-state index in [9.17, 15) is 9.59 Å². The highest BCUT2D eigenvalue weighted by Crippen LogP contribution is 2.09. The van der Waals surface area contributed by atoms with Crippen molar-refractivity contribution in [2.24, 2.45) is 19.3 Å². The number of rotatable bonds is 4. The van der Waals surface area contributed by atoms with Crippen LogP contribution in [0.2, 0.25) is 0 Å². The lowest BCUT2D eigenvalue weighted by Crippen LogP contribution is -2.39. The third-order valence-electron chi connectivity index (χ3n) is 2.21. The molecule has 0 bridgehead atoms. The van der Waals surface area contributed by atoms with Gasteiger partial charge in [0.05, 0.1) is 12.8 Å². The SMILES string of the molecule is CCOc1c(/C=N/OC)c(=O)n(C)c(=O)n1C. The van der Waals surface area contributed by atoms with Crippen LogP contribution in [-0.4, -0.2) is 29.1 Å². The Kier molecular flexibility index (Phi) is 4.08.